The van der Waals surface area contributed by atoms with Crippen molar-refractivity contribution in [3.05, 3.63) is 95.1 Å². The zero-order chi connectivity index (χ0) is 22.0. The van der Waals surface area contributed by atoms with Gasteiger partial charge in [0.15, 0.2) is 6.61 Å². The largest absolute Gasteiger partial charge is 0.452 e. The standard InChI is InChI=1S/C24H18N2O5/c1-15-6-10-17(11-7-15)25-21(27)14-31-24(30)16-8-12-18(13-9-16)26-22(28)19-4-2-3-5-20(19)23(26)29/h2-13H,14H2,1H3,(H,25,27). The fraction of sp³-hybridized carbons (Fsp3) is 0.0833. The van der Waals surface area contributed by atoms with Crippen molar-refractivity contribution in [3.8, 4) is 0 Å². The zero-order valence-corrected chi connectivity index (χ0v) is 16.6. The molecule has 3 amide bonds. The molecule has 1 N–H and O–H groups in total. The summed E-state index contributed by atoms with van der Waals surface area (Å²) in [6.45, 7) is 1.50. The van der Waals surface area contributed by atoms with Crippen LogP contribution in [0.3, 0.4) is 0 Å². The van der Waals surface area contributed by atoms with Gasteiger partial charge in [-0.2, -0.15) is 0 Å². The van der Waals surface area contributed by atoms with Gasteiger partial charge in [0, 0.05) is 5.69 Å². The van der Waals surface area contributed by atoms with Crippen LogP contribution < -0.4 is 10.2 Å². The van der Waals surface area contributed by atoms with Crippen LogP contribution in [0.4, 0.5) is 11.4 Å². The maximum atomic E-state index is 12.5. The minimum absolute atomic E-state index is 0.198. The molecule has 7 heteroatoms. The van der Waals surface area contributed by atoms with Crippen LogP contribution in [-0.2, 0) is 9.53 Å². The van der Waals surface area contributed by atoms with Crippen LogP contribution in [0, 0.1) is 6.92 Å². The Bertz CT molecular complexity index is 1150. The molecule has 3 aromatic carbocycles. The molecule has 1 heterocycles. The van der Waals surface area contributed by atoms with Gasteiger partial charge in [-0.3, -0.25) is 14.4 Å². The second kappa shape index (κ2) is 8.23. The van der Waals surface area contributed by atoms with E-state index in [2.05, 4.69) is 5.32 Å². The van der Waals surface area contributed by atoms with E-state index < -0.39 is 30.3 Å². The van der Waals surface area contributed by atoms with Crippen molar-refractivity contribution in [2.24, 2.45) is 0 Å². The molecule has 0 unspecified atom stereocenters. The molecule has 0 radical (unpaired) electrons. The number of benzene rings is 3. The summed E-state index contributed by atoms with van der Waals surface area (Å²) < 4.78 is 5.05. The number of hydrogen-bond acceptors (Lipinski definition) is 5. The highest BCUT2D eigenvalue weighted by Gasteiger charge is 2.36. The lowest BCUT2D eigenvalue weighted by atomic mass is 10.1. The Labute approximate surface area is 178 Å². The lowest BCUT2D eigenvalue weighted by Gasteiger charge is -2.14. The summed E-state index contributed by atoms with van der Waals surface area (Å²) in [4.78, 5) is 50.4. The maximum Gasteiger partial charge on any atom is 0.338 e. The molecule has 0 aliphatic carbocycles. The highest BCUT2D eigenvalue weighted by atomic mass is 16.5. The van der Waals surface area contributed by atoms with E-state index >= 15 is 0 Å². The third-order valence-electron chi connectivity index (χ3n) is 4.82. The molecule has 1 aliphatic heterocycles. The normalized spacial score (nSPS) is 12.5. The van der Waals surface area contributed by atoms with Crippen molar-refractivity contribution < 1.29 is 23.9 Å². The fourth-order valence-corrected chi connectivity index (χ4v) is 3.22. The second-order valence-corrected chi connectivity index (χ2v) is 7.03. The SMILES string of the molecule is Cc1ccc(NC(=O)COC(=O)c2ccc(N3C(=O)c4ccccc4C3=O)cc2)cc1. The lowest BCUT2D eigenvalue weighted by Crippen LogP contribution is -2.29. The summed E-state index contributed by atoms with van der Waals surface area (Å²) in [5.41, 5.74) is 2.90. The molecule has 31 heavy (non-hydrogen) atoms. The van der Waals surface area contributed by atoms with Gasteiger partial charge in [-0.05, 0) is 55.5 Å². The lowest BCUT2D eigenvalue weighted by molar-refractivity contribution is -0.119. The average Bonchev–Trinajstić information content (AvgIpc) is 3.04. The molecular formula is C24H18N2O5. The van der Waals surface area contributed by atoms with Crippen molar-refractivity contribution in [2.45, 2.75) is 6.92 Å². The first-order chi connectivity index (χ1) is 14.9. The predicted octanol–water partition coefficient (Wildman–Crippen LogP) is 3.59. The maximum absolute atomic E-state index is 12.5. The first kappa shape index (κ1) is 20.0. The molecule has 1 aliphatic rings. The Balaban J connectivity index is 1.37. The number of imide groups is 1. The van der Waals surface area contributed by atoms with E-state index in [-0.39, 0.29) is 5.56 Å². The molecule has 154 valence electrons. The molecule has 7 nitrogen and oxygen atoms in total. The molecular weight excluding hydrogens is 396 g/mol. The van der Waals surface area contributed by atoms with Gasteiger partial charge >= 0.3 is 5.97 Å². The van der Waals surface area contributed by atoms with Gasteiger partial charge in [0.2, 0.25) is 0 Å². The number of carbonyl (C=O) groups is 4. The van der Waals surface area contributed by atoms with E-state index in [0.29, 0.717) is 22.5 Å². The quantitative estimate of drug-likeness (QED) is 0.509. The van der Waals surface area contributed by atoms with Crippen molar-refractivity contribution in [3.63, 3.8) is 0 Å². The van der Waals surface area contributed by atoms with Crippen molar-refractivity contribution >= 4 is 35.1 Å². The fourth-order valence-electron chi connectivity index (χ4n) is 3.22. The summed E-state index contributed by atoms with van der Waals surface area (Å²) in [6.07, 6.45) is 0. The minimum Gasteiger partial charge on any atom is -0.452 e. The first-order valence-corrected chi connectivity index (χ1v) is 9.55. The number of nitrogens with zero attached hydrogens (tertiary/aromatic N) is 1. The molecule has 0 aromatic heterocycles. The van der Waals surface area contributed by atoms with Gasteiger partial charge in [-0.25, -0.2) is 9.69 Å². The highest BCUT2D eigenvalue weighted by Crippen LogP contribution is 2.28. The Hall–Kier alpha value is -4.26. The first-order valence-electron chi connectivity index (χ1n) is 9.55. The number of esters is 1. The molecule has 0 atom stereocenters. The molecule has 4 rings (SSSR count). The van der Waals surface area contributed by atoms with Crippen LogP contribution in [0.5, 0.6) is 0 Å². The molecule has 0 saturated carbocycles. The Morgan fingerprint density at radius 1 is 0.839 bits per heavy atom. The Morgan fingerprint density at radius 2 is 1.42 bits per heavy atom. The van der Waals surface area contributed by atoms with Crippen LogP contribution in [0.25, 0.3) is 0 Å². The highest BCUT2D eigenvalue weighted by molar-refractivity contribution is 6.34. The predicted molar refractivity (Wildman–Crippen MR) is 114 cm³/mol. The third-order valence-corrected chi connectivity index (χ3v) is 4.82. The smallest absolute Gasteiger partial charge is 0.338 e. The number of hydrogen-bond donors (Lipinski definition) is 1. The molecule has 0 saturated heterocycles. The average molecular weight is 414 g/mol. The summed E-state index contributed by atoms with van der Waals surface area (Å²) in [7, 11) is 0. The van der Waals surface area contributed by atoms with Crippen LogP contribution in [0.2, 0.25) is 0 Å². The topological polar surface area (TPSA) is 92.8 Å². The minimum atomic E-state index is -0.687. The van der Waals surface area contributed by atoms with Gasteiger partial charge in [0.05, 0.1) is 22.4 Å². The van der Waals surface area contributed by atoms with Gasteiger partial charge in [-0.1, -0.05) is 29.8 Å². The van der Waals surface area contributed by atoms with Crippen LogP contribution in [-0.4, -0.2) is 30.3 Å². The van der Waals surface area contributed by atoms with Crippen molar-refractivity contribution in [1.29, 1.82) is 0 Å². The van der Waals surface area contributed by atoms with Gasteiger partial charge in [0.1, 0.15) is 0 Å². The van der Waals surface area contributed by atoms with Gasteiger partial charge in [0.25, 0.3) is 17.7 Å². The van der Waals surface area contributed by atoms with E-state index in [0.717, 1.165) is 10.5 Å². The molecule has 0 bridgehead atoms. The van der Waals surface area contributed by atoms with E-state index in [4.69, 9.17) is 4.74 Å². The van der Waals surface area contributed by atoms with Gasteiger partial charge < -0.3 is 10.1 Å². The number of carbonyl (C=O) groups excluding carboxylic acids is 4. The number of ether oxygens (including phenoxy) is 1. The number of anilines is 2. The molecule has 3 aromatic rings. The number of rotatable bonds is 5. The van der Waals surface area contributed by atoms with Crippen LogP contribution >= 0.6 is 0 Å². The third kappa shape index (κ3) is 4.06. The van der Waals surface area contributed by atoms with Crippen LogP contribution in [0.15, 0.2) is 72.8 Å². The number of aryl methyl sites for hydroxylation is 1. The van der Waals surface area contributed by atoms with Crippen molar-refractivity contribution in [1.82, 2.24) is 0 Å². The second-order valence-electron chi connectivity index (χ2n) is 7.03. The number of nitrogens with one attached hydrogen (secondary N) is 1. The number of fused-ring (bicyclic) bond motifs is 1. The summed E-state index contributed by atoms with van der Waals surface area (Å²) >= 11 is 0. The van der Waals surface area contributed by atoms with Gasteiger partial charge in [-0.15, -0.1) is 0 Å². The monoisotopic (exact) mass is 414 g/mol. The summed E-state index contributed by atoms with van der Waals surface area (Å²) in [5, 5.41) is 2.64. The zero-order valence-electron chi connectivity index (χ0n) is 16.6. The Kier molecular flexibility index (Phi) is 5.32. The number of amides is 3. The summed E-state index contributed by atoms with van der Waals surface area (Å²) in [5.74, 6) is -1.97. The van der Waals surface area contributed by atoms with Crippen molar-refractivity contribution in [2.75, 3.05) is 16.8 Å². The van der Waals surface area contributed by atoms with E-state index in [1.54, 1.807) is 36.4 Å². The molecule has 0 fully saturated rings. The summed E-state index contributed by atoms with van der Waals surface area (Å²) in [6, 6.07) is 19.7. The van der Waals surface area contributed by atoms with E-state index in [9.17, 15) is 19.2 Å². The van der Waals surface area contributed by atoms with E-state index in [1.165, 1.54) is 24.3 Å². The van der Waals surface area contributed by atoms with Crippen LogP contribution in [0.1, 0.15) is 36.6 Å². The Morgan fingerprint density at radius 3 is 2.00 bits per heavy atom. The van der Waals surface area contributed by atoms with E-state index in [1.807, 2.05) is 19.1 Å². The molecule has 0 spiro atoms.